The Morgan fingerprint density at radius 2 is 1.68 bits per heavy atom. The average Bonchev–Trinajstić information content (AvgIpc) is 2.79. The Morgan fingerprint density at radius 3 is 2.36 bits per heavy atom. The molecule has 0 atom stereocenters. The van der Waals surface area contributed by atoms with E-state index in [2.05, 4.69) is 0 Å². The maximum atomic E-state index is 12.1. The molecule has 22 heavy (non-hydrogen) atoms. The number of carbonyl (C=O) groups excluding carboxylic acids is 2. The highest BCUT2D eigenvalue weighted by Gasteiger charge is 2.33. The Balaban J connectivity index is 1.79. The van der Waals surface area contributed by atoms with E-state index >= 15 is 0 Å². The van der Waals surface area contributed by atoms with Crippen molar-refractivity contribution in [3.8, 4) is 0 Å². The molecule has 0 aliphatic carbocycles. The van der Waals surface area contributed by atoms with Crippen LogP contribution >= 0.6 is 0 Å². The van der Waals surface area contributed by atoms with Gasteiger partial charge >= 0.3 is 0 Å². The first kappa shape index (κ1) is 14.3. The van der Waals surface area contributed by atoms with Gasteiger partial charge in [-0.1, -0.05) is 60.2 Å². The molecule has 0 saturated carbocycles. The van der Waals surface area contributed by atoms with Crippen LogP contribution in [0, 0.1) is 6.92 Å². The van der Waals surface area contributed by atoms with Crippen molar-refractivity contribution in [3.05, 3.63) is 76.9 Å². The lowest BCUT2D eigenvalue weighted by atomic mass is 10.1. The van der Waals surface area contributed by atoms with Gasteiger partial charge in [-0.15, -0.1) is 0 Å². The molecule has 1 fully saturated rings. The van der Waals surface area contributed by atoms with Gasteiger partial charge in [-0.05, 0) is 24.1 Å². The summed E-state index contributed by atoms with van der Waals surface area (Å²) in [5.41, 5.74) is 3.70. The maximum Gasteiger partial charge on any atom is 0.295 e. The minimum absolute atomic E-state index is 0.375. The first-order valence-electron chi connectivity index (χ1n) is 7.28. The van der Waals surface area contributed by atoms with E-state index in [0.717, 1.165) is 11.1 Å². The lowest BCUT2D eigenvalue weighted by Gasteiger charge is -2.13. The molecule has 0 radical (unpaired) electrons. The third-order valence-electron chi connectivity index (χ3n) is 3.77. The number of aryl methyl sites for hydroxylation is 1. The van der Waals surface area contributed by atoms with Crippen molar-refractivity contribution in [2.24, 2.45) is 0 Å². The molecule has 1 aliphatic heterocycles. The molecule has 3 nitrogen and oxygen atoms in total. The van der Waals surface area contributed by atoms with E-state index in [-0.39, 0.29) is 0 Å². The number of likely N-dealkylation sites (tertiary alicyclic amines) is 1. The van der Waals surface area contributed by atoms with Gasteiger partial charge in [-0.3, -0.25) is 9.59 Å². The molecule has 3 rings (SSSR count). The summed E-state index contributed by atoms with van der Waals surface area (Å²) in [4.78, 5) is 25.8. The van der Waals surface area contributed by atoms with Crippen LogP contribution in [0.25, 0.3) is 6.08 Å². The number of rotatable bonds is 3. The molecule has 1 heterocycles. The van der Waals surface area contributed by atoms with Gasteiger partial charge < -0.3 is 4.90 Å². The van der Waals surface area contributed by atoms with Crippen LogP contribution in [-0.4, -0.2) is 23.1 Å². The SMILES string of the molecule is Cc1ccc(/C=C2\CN(Cc3ccccc3)C(=O)C2=O)cc1. The lowest BCUT2D eigenvalue weighted by molar-refractivity contribution is -0.139. The summed E-state index contributed by atoms with van der Waals surface area (Å²) in [6.07, 6.45) is 1.81. The van der Waals surface area contributed by atoms with Crippen molar-refractivity contribution >= 4 is 17.8 Å². The summed E-state index contributed by atoms with van der Waals surface area (Å²) in [7, 11) is 0. The Kier molecular flexibility index (Phi) is 3.88. The van der Waals surface area contributed by atoms with Crippen molar-refractivity contribution in [2.75, 3.05) is 6.54 Å². The predicted molar refractivity (Wildman–Crippen MR) is 86.0 cm³/mol. The molecule has 0 unspecified atom stereocenters. The van der Waals surface area contributed by atoms with E-state index in [4.69, 9.17) is 0 Å². The van der Waals surface area contributed by atoms with Crippen LogP contribution in [0.3, 0.4) is 0 Å². The third kappa shape index (κ3) is 2.98. The van der Waals surface area contributed by atoms with Crippen molar-refractivity contribution < 1.29 is 9.59 Å². The fourth-order valence-corrected chi connectivity index (χ4v) is 2.54. The highest BCUT2D eigenvalue weighted by atomic mass is 16.2. The molecule has 2 aromatic carbocycles. The molecule has 0 aromatic heterocycles. The Hall–Kier alpha value is -2.68. The van der Waals surface area contributed by atoms with Crippen LogP contribution < -0.4 is 0 Å². The molecule has 0 N–H and O–H groups in total. The van der Waals surface area contributed by atoms with Crippen molar-refractivity contribution in [2.45, 2.75) is 13.5 Å². The number of ketones is 1. The second kappa shape index (κ2) is 5.98. The summed E-state index contributed by atoms with van der Waals surface area (Å²) >= 11 is 0. The van der Waals surface area contributed by atoms with Gasteiger partial charge in [0.05, 0.1) is 6.54 Å². The summed E-state index contributed by atoms with van der Waals surface area (Å²) in [6, 6.07) is 17.6. The Morgan fingerprint density at radius 1 is 1.00 bits per heavy atom. The molecular formula is C19H17NO2. The maximum absolute atomic E-state index is 12.1. The number of nitrogens with zero attached hydrogens (tertiary/aromatic N) is 1. The molecule has 1 saturated heterocycles. The number of Topliss-reactive ketones (excluding diaryl/α,β-unsaturated/α-hetero) is 1. The van der Waals surface area contributed by atoms with Gasteiger partial charge in [0.15, 0.2) is 0 Å². The van der Waals surface area contributed by atoms with Gasteiger partial charge in [0.1, 0.15) is 0 Å². The van der Waals surface area contributed by atoms with Crippen molar-refractivity contribution in [3.63, 3.8) is 0 Å². The van der Waals surface area contributed by atoms with Crippen molar-refractivity contribution in [1.82, 2.24) is 4.90 Å². The van der Waals surface area contributed by atoms with Crippen molar-refractivity contribution in [1.29, 1.82) is 0 Å². The zero-order valence-electron chi connectivity index (χ0n) is 12.5. The van der Waals surface area contributed by atoms with E-state index in [1.807, 2.05) is 67.6 Å². The Bertz CT molecular complexity index is 730. The third-order valence-corrected chi connectivity index (χ3v) is 3.77. The van der Waals surface area contributed by atoms with Crippen LogP contribution in [-0.2, 0) is 16.1 Å². The minimum atomic E-state index is -0.415. The topological polar surface area (TPSA) is 37.4 Å². The molecule has 0 bridgehead atoms. The van der Waals surface area contributed by atoms with E-state index in [1.54, 1.807) is 4.90 Å². The summed E-state index contributed by atoms with van der Waals surface area (Å²) in [5.74, 6) is -0.807. The highest BCUT2D eigenvalue weighted by Crippen LogP contribution is 2.19. The van der Waals surface area contributed by atoms with Gasteiger partial charge in [-0.2, -0.15) is 0 Å². The van der Waals surface area contributed by atoms with E-state index in [1.165, 1.54) is 5.56 Å². The molecule has 110 valence electrons. The molecule has 2 aromatic rings. The molecule has 0 spiro atoms. The van der Waals surface area contributed by atoms with E-state index < -0.39 is 11.7 Å². The average molecular weight is 291 g/mol. The van der Waals surface area contributed by atoms with E-state index in [9.17, 15) is 9.59 Å². The highest BCUT2D eigenvalue weighted by molar-refractivity contribution is 6.45. The summed E-state index contributed by atoms with van der Waals surface area (Å²) < 4.78 is 0. The normalized spacial score (nSPS) is 16.6. The zero-order valence-corrected chi connectivity index (χ0v) is 12.5. The summed E-state index contributed by atoms with van der Waals surface area (Å²) in [5, 5.41) is 0. The monoisotopic (exact) mass is 291 g/mol. The van der Waals surface area contributed by atoms with Gasteiger partial charge in [0.25, 0.3) is 5.91 Å². The molecule has 1 amide bonds. The number of carbonyl (C=O) groups is 2. The number of amides is 1. The summed E-state index contributed by atoms with van der Waals surface area (Å²) in [6.45, 7) is 2.86. The predicted octanol–water partition coefficient (Wildman–Crippen LogP) is 2.99. The van der Waals surface area contributed by atoms with Crippen LogP contribution in [0.1, 0.15) is 16.7 Å². The smallest absolute Gasteiger partial charge is 0.295 e. The Labute approximate surface area is 129 Å². The lowest BCUT2D eigenvalue weighted by Crippen LogP contribution is -2.26. The largest absolute Gasteiger partial charge is 0.327 e. The van der Waals surface area contributed by atoms with Crippen LogP contribution in [0.4, 0.5) is 0 Å². The zero-order chi connectivity index (χ0) is 15.5. The van der Waals surface area contributed by atoms with Crippen LogP contribution in [0.2, 0.25) is 0 Å². The second-order valence-electron chi connectivity index (χ2n) is 5.56. The van der Waals surface area contributed by atoms with Gasteiger partial charge in [-0.25, -0.2) is 0 Å². The van der Waals surface area contributed by atoms with Crippen LogP contribution in [0.15, 0.2) is 60.2 Å². The molecular weight excluding hydrogens is 274 g/mol. The van der Waals surface area contributed by atoms with E-state index in [0.29, 0.717) is 18.7 Å². The quantitative estimate of drug-likeness (QED) is 0.644. The first-order chi connectivity index (χ1) is 10.6. The number of benzene rings is 2. The fourth-order valence-electron chi connectivity index (χ4n) is 2.54. The number of hydrogen-bond acceptors (Lipinski definition) is 2. The fraction of sp³-hybridized carbons (Fsp3) is 0.158. The van der Waals surface area contributed by atoms with Crippen LogP contribution in [0.5, 0.6) is 0 Å². The molecule has 1 aliphatic rings. The second-order valence-corrected chi connectivity index (χ2v) is 5.56. The number of hydrogen-bond donors (Lipinski definition) is 0. The minimum Gasteiger partial charge on any atom is -0.327 e. The standard InChI is InChI=1S/C19H17NO2/c1-14-7-9-15(10-8-14)11-17-13-20(19(22)18(17)21)12-16-5-3-2-4-6-16/h2-11H,12-13H2,1H3/b17-11+. The van der Waals surface area contributed by atoms with Gasteiger partial charge in [0.2, 0.25) is 5.78 Å². The first-order valence-corrected chi connectivity index (χ1v) is 7.28. The van der Waals surface area contributed by atoms with Gasteiger partial charge in [0, 0.05) is 12.1 Å². The molecule has 3 heteroatoms.